The van der Waals surface area contributed by atoms with Gasteiger partial charge < -0.3 is 5.11 Å². The second-order valence-corrected chi connectivity index (χ2v) is 6.13. The van der Waals surface area contributed by atoms with Gasteiger partial charge in [0.2, 0.25) is 0 Å². The molecule has 0 radical (unpaired) electrons. The summed E-state index contributed by atoms with van der Waals surface area (Å²) in [6, 6.07) is 0. The van der Waals surface area contributed by atoms with Crippen LogP contribution < -0.4 is 0 Å². The van der Waals surface area contributed by atoms with Crippen molar-refractivity contribution in [1.29, 1.82) is 0 Å². The maximum atomic E-state index is 8.81. The van der Waals surface area contributed by atoms with Gasteiger partial charge in [-0.05, 0) is 30.3 Å². The number of aromatic nitrogens is 1. The number of thiazole rings is 1. The molecule has 0 saturated carbocycles. The van der Waals surface area contributed by atoms with E-state index in [1.165, 1.54) is 29.4 Å². The molecule has 1 aliphatic heterocycles. The molecule has 0 atom stereocenters. The quantitative estimate of drug-likeness (QED) is 0.881. The maximum Gasteiger partial charge on any atom is 0.0931 e. The first-order valence-electron chi connectivity index (χ1n) is 5.50. The highest BCUT2D eigenvalue weighted by Gasteiger charge is 2.15. The van der Waals surface area contributed by atoms with Crippen molar-refractivity contribution in [3.05, 3.63) is 16.1 Å². The van der Waals surface area contributed by atoms with Crippen LogP contribution in [0.15, 0.2) is 5.38 Å². The molecule has 2 nitrogen and oxygen atoms in total. The minimum atomic E-state index is 0.212. The van der Waals surface area contributed by atoms with E-state index in [9.17, 15) is 0 Å². The number of rotatable bonds is 4. The number of hydrogen-bond acceptors (Lipinski definition) is 4. The third kappa shape index (κ3) is 3.47. The number of aliphatic hydroxyl groups excluding tert-OH is 1. The van der Waals surface area contributed by atoms with E-state index in [4.69, 9.17) is 5.11 Å². The Morgan fingerprint density at radius 1 is 1.40 bits per heavy atom. The smallest absolute Gasteiger partial charge is 0.0931 e. The SMILES string of the molecule is OCCc1csc(CC2CCSCC2)n1. The molecule has 1 aromatic heterocycles. The summed E-state index contributed by atoms with van der Waals surface area (Å²) in [6.45, 7) is 0.212. The van der Waals surface area contributed by atoms with Crippen LogP contribution >= 0.6 is 23.1 Å². The Labute approximate surface area is 99.1 Å². The first-order valence-corrected chi connectivity index (χ1v) is 7.54. The Balaban J connectivity index is 1.86. The molecule has 1 fully saturated rings. The second-order valence-electron chi connectivity index (χ2n) is 3.97. The highest BCUT2D eigenvalue weighted by molar-refractivity contribution is 7.99. The van der Waals surface area contributed by atoms with E-state index >= 15 is 0 Å². The maximum absolute atomic E-state index is 8.81. The lowest BCUT2D eigenvalue weighted by Gasteiger charge is -2.19. The zero-order valence-corrected chi connectivity index (χ0v) is 10.4. The van der Waals surface area contributed by atoms with Crippen LogP contribution in [0.5, 0.6) is 0 Å². The van der Waals surface area contributed by atoms with Gasteiger partial charge in [-0.3, -0.25) is 0 Å². The third-order valence-electron chi connectivity index (χ3n) is 2.77. The summed E-state index contributed by atoms with van der Waals surface area (Å²) in [4.78, 5) is 4.55. The number of aliphatic hydroxyl groups is 1. The standard InChI is InChI=1S/C11H17NOS2/c13-4-1-10-8-15-11(12-10)7-9-2-5-14-6-3-9/h8-9,13H,1-7H2. The highest BCUT2D eigenvalue weighted by Crippen LogP contribution is 2.26. The van der Waals surface area contributed by atoms with Crippen LogP contribution in [0.1, 0.15) is 23.5 Å². The molecular weight excluding hydrogens is 226 g/mol. The van der Waals surface area contributed by atoms with Gasteiger partial charge in [0, 0.05) is 24.8 Å². The first kappa shape index (κ1) is 11.4. The van der Waals surface area contributed by atoms with Gasteiger partial charge in [0.15, 0.2) is 0 Å². The van der Waals surface area contributed by atoms with E-state index in [0.717, 1.165) is 18.0 Å². The van der Waals surface area contributed by atoms with Crippen LogP contribution in [0.2, 0.25) is 0 Å². The zero-order valence-electron chi connectivity index (χ0n) is 8.82. The molecular formula is C11H17NOS2. The molecule has 0 spiro atoms. The molecule has 2 heterocycles. The summed E-state index contributed by atoms with van der Waals surface area (Å²) in [5.41, 5.74) is 1.06. The van der Waals surface area contributed by atoms with Gasteiger partial charge in [0.25, 0.3) is 0 Å². The van der Waals surface area contributed by atoms with Crippen molar-refractivity contribution in [3.8, 4) is 0 Å². The molecule has 1 saturated heterocycles. The minimum absolute atomic E-state index is 0.212. The summed E-state index contributed by atoms with van der Waals surface area (Å²) in [7, 11) is 0. The highest BCUT2D eigenvalue weighted by atomic mass is 32.2. The molecule has 0 aromatic carbocycles. The lowest BCUT2D eigenvalue weighted by molar-refractivity contribution is 0.298. The van der Waals surface area contributed by atoms with Gasteiger partial charge >= 0.3 is 0 Å². The van der Waals surface area contributed by atoms with E-state index in [-0.39, 0.29) is 6.61 Å². The minimum Gasteiger partial charge on any atom is -0.396 e. The van der Waals surface area contributed by atoms with E-state index in [1.54, 1.807) is 11.3 Å². The average Bonchev–Trinajstić information content (AvgIpc) is 2.68. The Morgan fingerprint density at radius 2 is 2.20 bits per heavy atom. The largest absolute Gasteiger partial charge is 0.396 e. The van der Waals surface area contributed by atoms with Crippen molar-refractivity contribution in [2.45, 2.75) is 25.7 Å². The van der Waals surface area contributed by atoms with E-state index < -0.39 is 0 Å². The van der Waals surface area contributed by atoms with Gasteiger partial charge in [0.05, 0.1) is 10.7 Å². The van der Waals surface area contributed by atoms with Crippen LogP contribution in [0, 0.1) is 5.92 Å². The fourth-order valence-electron chi connectivity index (χ4n) is 1.87. The molecule has 1 N–H and O–H groups in total. The Hall–Kier alpha value is -0.0600. The van der Waals surface area contributed by atoms with Crippen LogP contribution in [-0.2, 0) is 12.8 Å². The van der Waals surface area contributed by atoms with Gasteiger partial charge in [-0.2, -0.15) is 11.8 Å². The number of thioether (sulfide) groups is 1. The first-order chi connectivity index (χ1) is 7.38. The fraction of sp³-hybridized carbons (Fsp3) is 0.727. The van der Waals surface area contributed by atoms with Crippen LogP contribution in [0.3, 0.4) is 0 Å². The van der Waals surface area contributed by atoms with Crippen molar-refractivity contribution >= 4 is 23.1 Å². The average molecular weight is 243 g/mol. The van der Waals surface area contributed by atoms with Gasteiger partial charge in [-0.25, -0.2) is 4.98 Å². The summed E-state index contributed by atoms with van der Waals surface area (Å²) in [5.74, 6) is 3.48. The normalized spacial score (nSPS) is 18.2. The van der Waals surface area contributed by atoms with Gasteiger partial charge in [-0.15, -0.1) is 11.3 Å². The molecule has 1 aliphatic rings. The molecule has 2 rings (SSSR count). The van der Waals surface area contributed by atoms with Crippen LogP contribution in [0.4, 0.5) is 0 Å². The van der Waals surface area contributed by atoms with Gasteiger partial charge in [-0.1, -0.05) is 0 Å². The lowest BCUT2D eigenvalue weighted by Crippen LogP contribution is -2.12. The fourth-order valence-corrected chi connectivity index (χ4v) is 4.02. The van der Waals surface area contributed by atoms with E-state index in [0.29, 0.717) is 6.42 Å². The van der Waals surface area contributed by atoms with Crippen LogP contribution in [0.25, 0.3) is 0 Å². The monoisotopic (exact) mass is 243 g/mol. The zero-order chi connectivity index (χ0) is 10.5. The topological polar surface area (TPSA) is 33.1 Å². The molecule has 0 aliphatic carbocycles. The van der Waals surface area contributed by atoms with Crippen LogP contribution in [-0.4, -0.2) is 28.2 Å². The summed E-state index contributed by atoms with van der Waals surface area (Å²) in [6.07, 6.45) is 4.55. The summed E-state index contributed by atoms with van der Waals surface area (Å²) in [5, 5.41) is 12.2. The van der Waals surface area contributed by atoms with Crippen molar-refractivity contribution in [3.63, 3.8) is 0 Å². The second kappa shape index (κ2) is 5.87. The number of nitrogens with zero attached hydrogens (tertiary/aromatic N) is 1. The Kier molecular flexibility index (Phi) is 4.47. The molecule has 84 valence electrons. The molecule has 0 bridgehead atoms. The van der Waals surface area contributed by atoms with E-state index in [2.05, 4.69) is 22.1 Å². The Bertz CT molecular complexity index is 295. The lowest BCUT2D eigenvalue weighted by atomic mass is 9.99. The molecule has 0 unspecified atom stereocenters. The molecule has 4 heteroatoms. The van der Waals surface area contributed by atoms with Crippen molar-refractivity contribution in [2.24, 2.45) is 5.92 Å². The summed E-state index contributed by atoms with van der Waals surface area (Å²) >= 11 is 3.83. The predicted octanol–water partition coefficient (Wildman–Crippen LogP) is 2.36. The molecule has 15 heavy (non-hydrogen) atoms. The Morgan fingerprint density at radius 3 is 2.93 bits per heavy atom. The van der Waals surface area contributed by atoms with E-state index in [1.807, 2.05) is 0 Å². The van der Waals surface area contributed by atoms with Crippen molar-refractivity contribution < 1.29 is 5.11 Å². The third-order valence-corrected chi connectivity index (χ3v) is 4.74. The van der Waals surface area contributed by atoms with Crippen molar-refractivity contribution in [2.75, 3.05) is 18.1 Å². The summed E-state index contributed by atoms with van der Waals surface area (Å²) < 4.78 is 0. The van der Waals surface area contributed by atoms with Gasteiger partial charge in [0.1, 0.15) is 0 Å². The van der Waals surface area contributed by atoms with Crippen molar-refractivity contribution in [1.82, 2.24) is 4.98 Å². The predicted molar refractivity (Wildman–Crippen MR) is 66.7 cm³/mol. The number of hydrogen-bond donors (Lipinski definition) is 1. The molecule has 1 aromatic rings. The molecule has 0 amide bonds.